The van der Waals surface area contributed by atoms with Crippen molar-refractivity contribution < 1.29 is 4.74 Å². The van der Waals surface area contributed by atoms with Crippen molar-refractivity contribution in [2.75, 3.05) is 24.2 Å². The number of nitrogens with two attached hydrogens (primary N) is 1. The average Bonchev–Trinajstić information content (AvgIpc) is 2.46. The largest absolute Gasteiger partial charge is 0.487 e. The number of nitrogen functional groups attached to an aromatic ring is 1. The van der Waals surface area contributed by atoms with Gasteiger partial charge in [-0.25, -0.2) is 0 Å². The van der Waals surface area contributed by atoms with E-state index in [0.29, 0.717) is 24.7 Å². The van der Waals surface area contributed by atoms with Crippen LogP contribution in [0.2, 0.25) is 0 Å². The van der Waals surface area contributed by atoms with E-state index in [4.69, 9.17) is 10.5 Å². The summed E-state index contributed by atoms with van der Waals surface area (Å²) in [5.74, 6) is 1.09. The van der Waals surface area contributed by atoms with Gasteiger partial charge in [0, 0.05) is 6.54 Å². The molecule has 0 bridgehead atoms. The van der Waals surface area contributed by atoms with Crippen molar-refractivity contribution in [2.24, 2.45) is 0 Å². The van der Waals surface area contributed by atoms with Crippen LogP contribution in [0.3, 0.4) is 0 Å². The lowest BCUT2D eigenvalue weighted by Crippen LogP contribution is -2.00. The van der Waals surface area contributed by atoms with Crippen molar-refractivity contribution in [2.45, 2.75) is 6.92 Å². The normalized spacial score (nSPS) is 9.62. The maximum absolute atomic E-state index is 5.61. The first-order valence-corrected chi connectivity index (χ1v) is 4.79. The molecule has 13 heavy (non-hydrogen) atoms. The first kappa shape index (κ1) is 9.85. The molecule has 0 fully saturated rings. The first-order valence-electron chi connectivity index (χ1n) is 4.02. The van der Waals surface area contributed by atoms with Crippen LogP contribution in [0.25, 0.3) is 0 Å². The third-order valence-corrected chi connectivity index (χ3v) is 2.17. The molecule has 1 heterocycles. The van der Waals surface area contributed by atoms with Crippen LogP contribution < -0.4 is 15.8 Å². The second kappa shape index (κ2) is 4.71. The molecule has 5 heteroatoms. The van der Waals surface area contributed by atoms with E-state index in [0.717, 1.165) is 5.00 Å². The third-order valence-electron chi connectivity index (χ3n) is 1.37. The van der Waals surface area contributed by atoms with Crippen LogP contribution in [-0.2, 0) is 0 Å². The molecule has 0 saturated carbocycles. The zero-order valence-corrected chi connectivity index (χ0v) is 8.36. The minimum atomic E-state index is 0.443. The van der Waals surface area contributed by atoms with Gasteiger partial charge < -0.3 is 15.8 Å². The van der Waals surface area contributed by atoms with E-state index in [-0.39, 0.29) is 0 Å². The molecule has 0 aliphatic carbocycles. The van der Waals surface area contributed by atoms with Crippen molar-refractivity contribution in [3.8, 4) is 5.75 Å². The Morgan fingerprint density at radius 3 is 3.15 bits per heavy atom. The summed E-state index contributed by atoms with van der Waals surface area (Å²) < 4.78 is 9.32. The van der Waals surface area contributed by atoms with Crippen molar-refractivity contribution in [3.05, 3.63) is 12.7 Å². The number of hydrogen-bond donors (Lipinski definition) is 2. The van der Waals surface area contributed by atoms with E-state index >= 15 is 0 Å². The van der Waals surface area contributed by atoms with Crippen molar-refractivity contribution in [1.82, 2.24) is 4.37 Å². The van der Waals surface area contributed by atoms with E-state index < -0.39 is 0 Å². The fraction of sp³-hybridized carbons (Fsp3) is 0.375. The standard InChI is InChI=1S/C8H13N3OS/c1-3-5-10-8-6(12-4-2)7(9)11-13-8/h3,10H,1,4-5H2,2H3,(H2,9,11). The zero-order valence-electron chi connectivity index (χ0n) is 7.54. The molecule has 0 amide bonds. The molecule has 0 atom stereocenters. The molecular formula is C8H13N3OS. The predicted octanol–water partition coefficient (Wildman–Crippen LogP) is 1.72. The van der Waals surface area contributed by atoms with Gasteiger partial charge in [0.05, 0.1) is 6.61 Å². The van der Waals surface area contributed by atoms with Crippen LogP contribution in [0, 0.1) is 0 Å². The molecule has 1 rings (SSSR count). The van der Waals surface area contributed by atoms with E-state index in [1.165, 1.54) is 11.5 Å². The Hall–Kier alpha value is -1.23. The topological polar surface area (TPSA) is 60.2 Å². The van der Waals surface area contributed by atoms with Gasteiger partial charge in [-0.1, -0.05) is 6.08 Å². The lowest BCUT2D eigenvalue weighted by atomic mass is 10.5. The number of nitrogens with one attached hydrogen (secondary N) is 1. The number of ether oxygens (including phenoxy) is 1. The summed E-state index contributed by atoms with van der Waals surface area (Å²) in [5, 5.41) is 3.96. The summed E-state index contributed by atoms with van der Waals surface area (Å²) in [6.07, 6.45) is 1.77. The van der Waals surface area contributed by atoms with E-state index in [1.54, 1.807) is 6.08 Å². The number of hydrogen-bond acceptors (Lipinski definition) is 5. The van der Waals surface area contributed by atoms with Crippen molar-refractivity contribution in [1.29, 1.82) is 0 Å². The number of anilines is 2. The van der Waals surface area contributed by atoms with Crippen LogP contribution in [0.5, 0.6) is 5.75 Å². The second-order valence-electron chi connectivity index (χ2n) is 2.33. The highest BCUT2D eigenvalue weighted by Crippen LogP contribution is 2.34. The van der Waals surface area contributed by atoms with Gasteiger partial charge in [-0.05, 0) is 18.5 Å². The van der Waals surface area contributed by atoms with Crippen molar-refractivity contribution >= 4 is 22.4 Å². The van der Waals surface area contributed by atoms with Crippen molar-refractivity contribution in [3.63, 3.8) is 0 Å². The fourth-order valence-electron chi connectivity index (χ4n) is 0.855. The second-order valence-corrected chi connectivity index (χ2v) is 3.10. The van der Waals surface area contributed by atoms with Gasteiger partial charge in [-0.2, -0.15) is 4.37 Å². The Bertz CT molecular complexity index is 285. The maximum atomic E-state index is 5.61. The quantitative estimate of drug-likeness (QED) is 0.709. The van der Waals surface area contributed by atoms with Gasteiger partial charge in [-0.3, -0.25) is 0 Å². The Labute approximate surface area is 81.6 Å². The van der Waals surface area contributed by atoms with Gasteiger partial charge in [0.2, 0.25) is 0 Å². The summed E-state index contributed by atoms with van der Waals surface area (Å²) in [4.78, 5) is 0. The smallest absolute Gasteiger partial charge is 0.197 e. The lowest BCUT2D eigenvalue weighted by Gasteiger charge is -2.04. The van der Waals surface area contributed by atoms with E-state index in [9.17, 15) is 0 Å². The Morgan fingerprint density at radius 1 is 1.77 bits per heavy atom. The molecule has 1 aromatic rings. The van der Waals surface area contributed by atoms with Gasteiger partial charge in [0.1, 0.15) is 0 Å². The molecule has 0 spiro atoms. The fourth-order valence-corrected chi connectivity index (χ4v) is 1.52. The van der Waals surface area contributed by atoms with Crippen LogP contribution in [0.1, 0.15) is 6.92 Å². The van der Waals surface area contributed by atoms with Gasteiger partial charge in [-0.15, -0.1) is 6.58 Å². The minimum absolute atomic E-state index is 0.443. The molecule has 0 aromatic carbocycles. The highest BCUT2D eigenvalue weighted by atomic mass is 32.1. The van der Waals surface area contributed by atoms with Crippen LogP contribution >= 0.6 is 11.5 Å². The first-order chi connectivity index (χ1) is 6.29. The number of nitrogens with zero attached hydrogens (tertiary/aromatic N) is 1. The highest BCUT2D eigenvalue weighted by Gasteiger charge is 2.10. The molecule has 0 unspecified atom stereocenters. The van der Waals surface area contributed by atoms with E-state index in [1.807, 2.05) is 6.92 Å². The average molecular weight is 199 g/mol. The van der Waals surface area contributed by atoms with Crippen LogP contribution in [-0.4, -0.2) is 17.5 Å². The Kier molecular flexibility index (Phi) is 3.57. The Balaban J connectivity index is 2.73. The molecule has 3 N–H and O–H groups in total. The molecule has 4 nitrogen and oxygen atoms in total. The summed E-state index contributed by atoms with van der Waals surface area (Å²) in [5.41, 5.74) is 5.61. The number of aromatic nitrogens is 1. The highest BCUT2D eigenvalue weighted by molar-refractivity contribution is 7.11. The van der Waals surface area contributed by atoms with Gasteiger partial charge in [0.15, 0.2) is 16.6 Å². The molecule has 1 aromatic heterocycles. The summed E-state index contributed by atoms with van der Waals surface area (Å²) in [7, 11) is 0. The zero-order chi connectivity index (χ0) is 9.68. The number of rotatable bonds is 5. The molecular weight excluding hydrogens is 186 g/mol. The molecule has 0 aliphatic heterocycles. The maximum Gasteiger partial charge on any atom is 0.197 e. The SMILES string of the molecule is C=CCNc1snc(N)c1OCC. The van der Waals surface area contributed by atoms with Crippen LogP contribution in [0.15, 0.2) is 12.7 Å². The van der Waals surface area contributed by atoms with Gasteiger partial charge >= 0.3 is 0 Å². The molecule has 72 valence electrons. The molecule has 0 radical (unpaired) electrons. The summed E-state index contributed by atoms with van der Waals surface area (Å²) >= 11 is 1.30. The summed E-state index contributed by atoms with van der Waals surface area (Å²) in [6, 6.07) is 0. The monoisotopic (exact) mass is 199 g/mol. The lowest BCUT2D eigenvalue weighted by molar-refractivity contribution is 0.344. The minimum Gasteiger partial charge on any atom is -0.487 e. The Morgan fingerprint density at radius 2 is 2.54 bits per heavy atom. The summed E-state index contributed by atoms with van der Waals surface area (Å²) in [6.45, 7) is 6.79. The predicted molar refractivity (Wildman–Crippen MR) is 56.4 cm³/mol. The molecule has 0 saturated heterocycles. The van der Waals surface area contributed by atoms with Crippen LogP contribution in [0.4, 0.5) is 10.8 Å². The van der Waals surface area contributed by atoms with E-state index in [2.05, 4.69) is 16.3 Å². The third kappa shape index (κ3) is 2.35. The van der Waals surface area contributed by atoms with Gasteiger partial charge in [0.25, 0.3) is 0 Å². The molecule has 0 aliphatic rings.